The van der Waals surface area contributed by atoms with Gasteiger partial charge in [0, 0.05) is 12.1 Å². The molecule has 0 radical (unpaired) electrons. The lowest BCUT2D eigenvalue weighted by atomic mass is 9.97. The molecule has 0 bridgehead atoms. The molecule has 11 heavy (non-hydrogen) atoms. The lowest BCUT2D eigenvalue weighted by molar-refractivity contribution is 0.0735. The van der Waals surface area contributed by atoms with Crippen molar-refractivity contribution in [2.24, 2.45) is 0 Å². The van der Waals surface area contributed by atoms with E-state index in [9.17, 15) is 0 Å². The highest BCUT2D eigenvalue weighted by atomic mass is 16.3. The van der Waals surface area contributed by atoms with E-state index in [0.717, 1.165) is 6.04 Å². The highest BCUT2D eigenvalue weighted by Crippen LogP contribution is 2.30. The Balaban J connectivity index is 2.00. The molecule has 2 heteroatoms. The molecule has 0 amide bonds. The van der Waals surface area contributed by atoms with Crippen molar-refractivity contribution in [2.45, 2.75) is 44.2 Å². The lowest BCUT2D eigenvalue weighted by Gasteiger charge is -2.36. The molecule has 0 aromatic rings. The largest absolute Gasteiger partial charge is 0.395 e. The fourth-order valence-electron chi connectivity index (χ4n) is 2.60. The van der Waals surface area contributed by atoms with Gasteiger partial charge in [-0.15, -0.1) is 0 Å². The molecular formula is C9H17NO. The van der Waals surface area contributed by atoms with Gasteiger partial charge in [0.15, 0.2) is 0 Å². The standard InChI is InChI=1S/C9H17NO/c11-7-9-4-1-3-8-5-2-6-10(8)9/h8-9,11H,1-7H2. The first-order valence-corrected chi connectivity index (χ1v) is 4.78. The molecule has 2 rings (SSSR count). The van der Waals surface area contributed by atoms with Crippen LogP contribution >= 0.6 is 0 Å². The Morgan fingerprint density at radius 3 is 2.82 bits per heavy atom. The van der Waals surface area contributed by atoms with Crippen LogP contribution in [0.4, 0.5) is 0 Å². The van der Waals surface area contributed by atoms with Crippen molar-refractivity contribution >= 4 is 0 Å². The van der Waals surface area contributed by atoms with Crippen LogP contribution in [0.15, 0.2) is 0 Å². The zero-order valence-corrected chi connectivity index (χ0v) is 7.00. The molecule has 2 nitrogen and oxygen atoms in total. The van der Waals surface area contributed by atoms with E-state index in [0.29, 0.717) is 12.6 Å². The Labute approximate surface area is 68.2 Å². The second-order valence-corrected chi connectivity index (χ2v) is 3.80. The van der Waals surface area contributed by atoms with Gasteiger partial charge in [0.1, 0.15) is 0 Å². The minimum absolute atomic E-state index is 0.372. The Bertz CT molecular complexity index is 138. The molecule has 0 aliphatic carbocycles. The molecule has 0 saturated carbocycles. The van der Waals surface area contributed by atoms with E-state index in [1.54, 1.807) is 0 Å². The van der Waals surface area contributed by atoms with E-state index in [-0.39, 0.29) is 0 Å². The molecule has 2 aliphatic rings. The minimum atomic E-state index is 0.372. The summed E-state index contributed by atoms with van der Waals surface area (Å²) in [5, 5.41) is 9.10. The zero-order chi connectivity index (χ0) is 7.68. The summed E-state index contributed by atoms with van der Waals surface area (Å²) in [5.74, 6) is 0. The van der Waals surface area contributed by atoms with E-state index in [1.165, 1.54) is 38.6 Å². The Kier molecular flexibility index (Phi) is 2.14. The van der Waals surface area contributed by atoms with Crippen LogP contribution in [0, 0.1) is 0 Å². The predicted octanol–water partition coefficient (Wildman–Crippen LogP) is 0.996. The average molecular weight is 155 g/mol. The fourth-order valence-corrected chi connectivity index (χ4v) is 2.60. The van der Waals surface area contributed by atoms with Gasteiger partial charge in [0.2, 0.25) is 0 Å². The van der Waals surface area contributed by atoms with E-state index >= 15 is 0 Å². The second kappa shape index (κ2) is 3.11. The first-order valence-electron chi connectivity index (χ1n) is 4.78. The van der Waals surface area contributed by atoms with Crippen molar-refractivity contribution in [1.29, 1.82) is 0 Å². The Hall–Kier alpha value is -0.0800. The van der Waals surface area contributed by atoms with Crippen molar-refractivity contribution in [3.05, 3.63) is 0 Å². The number of hydrogen-bond acceptors (Lipinski definition) is 2. The summed E-state index contributed by atoms with van der Waals surface area (Å²) in [6.07, 6.45) is 6.63. The molecule has 2 aliphatic heterocycles. The Morgan fingerprint density at radius 1 is 1.18 bits per heavy atom. The van der Waals surface area contributed by atoms with Crippen LogP contribution in [0.2, 0.25) is 0 Å². The molecular weight excluding hydrogens is 138 g/mol. The summed E-state index contributed by atoms with van der Waals surface area (Å²) in [7, 11) is 0. The van der Waals surface area contributed by atoms with Crippen LogP contribution in [-0.2, 0) is 0 Å². The maximum absolute atomic E-state index is 9.10. The third kappa shape index (κ3) is 1.30. The van der Waals surface area contributed by atoms with Crippen LogP contribution in [0.5, 0.6) is 0 Å². The van der Waals surface area contributed by atoms with Crippen molar-refractivity contribution in [2.75, 3.05) is 13.2 Å². The highest BCUT2D eigenvalue weighted by Gasteiger charge is 2.32. The molecule has 0 aromatic carbocycles. The average Bonchev–Trinajstić information content (AvgIpc) is 2.50. The lowest BCUT2D eigenvalue weighted by Crippen LogP contribution is -2.44. The third-order valence-corrected chi connectivity index (χ3v) is 3.18. The summed E-state index contributed by atoms with van der Waals surface area (Å²) >= 11 is 0. The van der Waals surface area contributed by atoms with Gasteiger partial charge < -0.3 is 5.11 Å². The molecule has 0 spiro atoms. The predicted molar refractivity (Wildman–Crippen MR) is 44.5 cm³/mol. The zero-order valence-electron chi connectivity index (χ0n) is 7.00. The summed E-state index contributed by atoms with van der Waals surface area (Å²) in [5.41, 5.74) is 0. The van der Waals surface area contributed by atoms with Crippen LogP contribution < -0.4 is 0 Å². The van der Waals surface area contributed by atoms with Gasteiger partial charge in [0.05, 0.1) is 6.61 Å². The third-order valence-electron chi connectivity index (χ3n) is 3.18. The first-order chi connectivity index (χ1) is 5.42. The highest BCUT2D eigenvalue weighted by molar-refractivity contribution is 4.88. The molecule has 1 N–H and O–H groups in total. The SMILES string of the molecule is OCC1CCCC2CCCN12. The van der Waals surface area contributed by atoms with Gasteiger partial charge in [-0.25, -0.2) is 0 Å². The van der Waals surface area contributed by atoms with E-state index < -0.39 is 0 Å². The smallest absolute Gasteiger partial charge is 0.0586 e. The fraction of sp³-hybridized carbons (Fsp3) is 1.00. The molecule has 2 atom stereocenters. The molecule has 2 heterocycles. The maximum Gasteiger partial charge on any atom is 0.0586 e. The number of rotatable bonds is 1. The summed E-state index contributed by atoms with van der Waals surface area (Å²) in [6.45, 7) is 1.60. The molecule has 2 unspecified atom stereocenters. The van der Waals surface area contributed by atoms with E-state index in [1.807, 2.05) is 0 Å². The normalized spacial score (nSPS) is 39.0. The van der Waals surface area contributed by atoms with Crippen LogP contribution in [0.25, 0.3) is 0 Å². The number of fused-ring (bicyclic) bond motifs is 1. The number of piperidine rings is 1. The minimum Gasteiger partial charge on any atom is -0.395 e. The van der Waals surface area contributed by atoms with Gasteiger partial charge in [-0.3, -0.25) is 4.90 Å². The van der Waals surface area contributed by atoms with Crippen molar-refractivity contribution < 1.29 is 5.11 Å². The quantitative estimate of drug-likeness (QED) is 0.610. The van der Waals surface area contributed by atoms with Gasteiger partial charge in [0.25, 0.3) is 0 Å². The van der Waals surface area contributed by atoms with Gasteiger partial charge in [-0.1, -0.05) is 6.42 Å². The topological polar surface area (TPSA) is 23.5 Å². The number of nitrogens with zero attached hydrogens (tertiary/aromatic N) is 1. The number of hydrogen-bond donors (Lipinski definition) is 1. The molecule has 2 fully saturated rings. The summed E-state index contributed by atoms with van der Waals surface area (Å²) in [4.78, 5) is 2.52. The molecule has 2 saturated heterocycles. The van der Waals surface area contributed by atoms with Crippen LogP contribution in [-0.4, -0.2) is 35.2 Å². The number of aliphatic hydroxyl groups excluding tert-OH is 1. The Morgan fingerprint density at radius 2 is 2.00 bits per heavy atom. The van der Waals surface area contributed by atoms with Crippen molar-refractivity contribution in [3.63, 3.8) is 0 Å². The van der Waals surface area contributed by atoms with Gasteiger partial charge >= 0.3 is 0 Å². The second-order valence-electron chi connectivity index (χ2n) is 3.80. The summed E-state index contributed by atoms with van der Waals surface area (Å²) in [6, 6.07) is 1.32. The van der Waals surface area contributed by atoms with Crippen LogP contribution in [0.1, 0.15) is 32.1 Å². The van der Waals surface area contributed by atoms with E-state index in [4.69, 9.17) is 5.11 Å². The molecule has 64 valence electrons. The van der Waals surface area contributed by atoms with E-state index in [2.05, 4.69) is 4.90 Å². The first kappa shape index (κ1) is 7.56. The number of aliphatic hydroxyl groups is 1. The summed E-state index contributed by atoms with van der Waals surface area (Å²) < 4.78 is 0. The van der Waals surface area contributed by atoms with Crippen LogP contribution in [0.3, 0.4) is 0 Å². The van der Waals surface area contributed by atoms with Crippen molar-refractivity contribution in [1.82, 2.24) is 4.90 Å². The molecule has 0 aromatic heterocycles. The van der Waals surface area contributed by atoms with Gasteiger partial charge in [-0.05, 0) is 32.2 Å². The van der Waals surface area contributed by atoms with Gasteiger partial charge in [-0.2, -0.15) is 0 Å². The monoisotopic (exact) mass is 155 g/mol. The maximum atomic E-state index is 9.10. The van der Waals surface area contributed by atoms with Crippen molar-refractivity contribution in [3.8, 4) is 0 Å².